The van der Waals surface area contributed by atoms with Crippen molar-refractivity contribution < 1.29 is 4.79 Å². The Bertz CT molecular complexity index is 313. The second-order valence-electron chi connectivity index (χ2n) is 3.62. The molecule has 16 heavy (non-hydrogen) atoms. The zero-order chi connectivity index (χ0) is 11.8. The number of nitrogens with two attached hydrogens (primary N) is 1. The fourth-order valence-electron chi connectivity index (χ4n) is 1.55. The molecule has 1 amide bonds. The summed E-state index contributed by atoms with van der Waals surface area (Å²) in [5, 5.41) is 0. The third-order valence-corrected chi connectivity index (χ3v) is 2.51. The molecule has 0 unspecified atom stereocenters. The molecular formula is C12H19N3O. The molecule has 1 aromatic heterocycles. The Morgan fingerprint density at radius 1 is 1.44 bits per heavy atom. The van der Waals surface area contributed by atoms with E-state index < -0.39 is 0 Å². The first kappa shape index (κ1) is 12.6. The van der Waals surface area contributed by atoms with Gasteiger partial charge in [0, 0.05) is 38.4 Å². The second kappa shape index (κ2) is 6.95. The highest BCUT2D eigenvalue weighted by Gasteiger charge is 2.09. The van der Waals surface area contributed by atoms with Crippen molar-refractivity contribution in [3.05, 3.63) is 30.1 Å². The van der Waals surface area contributed by atoms with Gasteiger partial charge < -0.3 is 10.6 Å². The van der Waals surface area contributed by atoms with Crippen LogP contribution in [-0.4, -0.2) is 35.4 Å². The molecule has 0 atom stereocenters. The van der Waals surface area contributed by atoms with Crippen molar-refractivity contribution in [1.82, 2.24) is 9.88 Å². The largest absolute Gasteiger partial charge is 0.343 e. The molecule has 1 heterocycles. The molecule has 0 aliphatic carbocycles. The molecule has 0 radical (unpaired) electrons. The van der Waals surface area contributed by atoms with Crippen LogP contribution in [0.4, 0.5) is 0 Å². The molecule has 0 saturated heterocycles. The Hall–Kier alpha value is -1.42. The molecule has 0 aliphatic heterocycles. The maximum Gasteiger partial charge on any atom is 0.223 e. The summed E-state index contributed by atoms with van der Waals surface area (Å²) in [7, 11) is 0. The van der Waals surface area contributed by atoms with Crippen LogP contribution in [-0.2, 0) is 11.2 Å². The van der Waals surface area contributed by atoms with E-state index in [2.05, 4.69) is 4.98 Å². The number of aromatic nitrogens is 1. The Labute approximate surface area is 96.5 Å². The number of hydrogen-bond donors (Lipinski definition) is 1. The van der Waals surface area contributed by atoms with E-state index in [1.807, 2.05) is 24.0 Å². The normalized spacial score (nSPS) is 10.1. The molecule has 0 bridgehead atoms. The maximum atomic E-state index is 11.6. The topological polar surface area (TPSA) is 59.2 Å². The van der Waals surface area contributed by atoms with Gasteiger partial charge in [-0.05, 0) is 31.0 Å². The summed E-state index contributed by atoms with van der Waals surface area (Å²) in [4.78, 5) is 17.4. The summed E-state index contributed by atoms with van der Waals surface area (Å²) in [5.41, 5.74) is 6.58. The van der Waals surface area contributed by atoms with Crippen LogP contribution in [0, 0.1) is 0 Å². The van der Waals surface area contributed by atoms with Crippen molar-refractivity contribution in [3.8, 4) is 0 Å². The second-order valence-corrected chi connectivity index (χ2v) is 3.62. The molecule has 4 nitrogen and oxygen atoms in total. The van der Waals surface area contributed by atoms with Gasteiger partial charge in [-0.3, -0.25) is 9.78 Å². The molecular weight excluding hydrogens is 202 g/mol. The van der Waals surface area contributed by atoms with Crippen LogP contribution in [0.25, 0.3) is 0 Å². The number of carbonyl (C=O) groups is 1. The molecule has 0 aromatic carbocycles. The van der Waals surface area contributed by atoms with E-state index in [9.17, 15) is 4.79 Å². The summed E-state index contributed by atoms with van der Waals surface area (Å²) < 4.78 is 0. The number of carbonyl (C=O) groups excluding carboxylic acids is 1. The smallest absolute Gasteiger partial charge is 0.223 e. The molecule has 0 aliphatic rings. The predicted molar refractivity (Wildman–Crippen MR) is 63.9 cm³/mol. The summed E-state index contributed by atoms with van der Waals surface area (Å²) in [6.45, 7) is 3.90. The molecule has 0 fully saturated rings. The highest BCUT2D eigenvalue weighted by Crippen LogP contribution is 2.01. The zero-order valence-electron chi connectivity index (χ0n) is 9.72. The summed E-state index contributed by atoms with van der Waals surface area (Å²) in [5.74, 6) is 0.138. The first-order valence-corrected chi connectivity index (χ1v) is 5.64. The van der Waals surface area contributed by atoms with Gasteiger partial charge in [-0.1, -0.05) is 0 Å². The Morgan fingerprint density at radius 3 is 2.69 bits per heavy atom. The quantitative estimate of drug-likeness (QED) is 0.773. The number of likely N-dealkylation sites (N-methyl/N-ethyl adjacent to an activating group) is 1. The molecule has 88 valence electrons. The lowest BCUT2D eigenvalue weighted by molar-refractivity contribution is -0.130. The lowest BCUT2D eigenvalue weighted by Gasteiger charge is -2.20. The summed E-state index contributed by atoms with van der Waals surface area (Å²) in [6.07, 6.45) is 4.84. The average molecular weight is 221 g/mol. The Balaban J connectivity index is 2.43. The lowest BCUT2D eigenvalue weighted by Crippen LogP contribution is -2.33. The Morgan fingerprint density at radius 2 is 2.12 bits per heavy atom. The van der Waals surface area contributed by atoms with Gasteiger partial charge in [0.2, 0.25) is 5.91 Å². The van der Waals surface area contributed by atoms with E-state index in [0.29, 0.717) is 13.0 Å². The molecule has 1 rings (SSSR count). The standard InChI is InChI=1S/C12H19N3O/c1-2-15(12(16)3-7-13)10-6-11-4-8-14-9-5-11/h4-5,8-9H,2-3,6-7,10,13H2,1H3. The van der Waals surface area contributed by atoms with E-state index in [4.69, 9.17) is 5.73 Å². The van der Waals surface area contributed by atoms with Gasteiger partial charge in [-0.2, -0.15) is 0 Å². The zero-order valence-corrected chi connectivity index (χ0v) is 9.72. The highest BCUT2D eigenvalue weighted by molar-refractivity contribution is 5.76. The number of nitrogens with zero attached hydrogens (tertiary/aromatic N) is 2. The molecule has 2 N–H and O–H groups in total. The van der Waals surface area contributed by atoms with Crippen LogP contribution in [0.15, 0.2) is 24.5 Å². The van der Waals surface area contributed by atoms with Crippen LogP contribution in [0.2, 0.25) is 0 Å². The van der Waals surface area contributed by atoms with Crippen molar-refractivity contribution in [1.29, 1.82) is 0 Å². The van der Waals surface area contributed by atoms with Gasteiger partial charge in [-0.15, -0.1) is 0 Å². The minimum Gasteiger partial charge on any atom is -0.343 e. The van der Waals surface area contributed by atoms with Crippen molar-refractivity contribution in [3.63, 3.8) is 0 Å². The van der Waals surface area contributed by atoms with Crippen LogP contribution >= 0.6 is 0 Å². The molecule has 4 heteroatoms. The van der Waals surface area contributed by atoms with Gasteiger partial charge in [-0.25, -0.2) is 0 Å². The third kappa shape index (κ3) is 3.98. The van der Waals surface area contributed by atoms with E-state index in [0.717, 1.165) is 19.5 Å². The van der Waals surface area contributed by atoms with Crippen molar-refractivity contribution in [2.45, 2.75) is 19.8 Å². The third-order valence-electron chi connectivity index (χ3n) is 2.51. The maximum absolute atomic E-state index is 11.6. The minimum absolute atomic E-state index is 0.138. The number of amides is 1. The van der Waals surface area contributed by atoms with E-state index in [1.165, 1.54) is 5.56 Å². The van der Waals surface area contributed by atoms with Gasteiger partial charge in [0.15, 0.2) is 0 Å². The average Bonchev–Trinajstić information content (AvgIpc) is 2.31. The van der Waals surface area contributed by atoms with Crippen molar-refractivity contribution in [2.75, 3.05) is 19.6 Å². The van der Waals surface area contributed by atoms with Gasteiger partial charge in [0.1, 0.15) is 0 Å². The number of pyridine rings is 1. The van der Waals surface area contributed by atoms with Crippen LogP contribution in [0.3, 0.4) is 0 Å². The van der Waals surface area contributed by atoms with Crippen LogP contribution < -0.4 is 5.73 Å². The SMILES string of the molecule is CCN(CCc1ccncc1)C(=O)CCN. The first-order chi connectivity index (χ1) is 7.77. The number of hydrogen-bond acceptors (Lipinski definition) is 3. The first-order valence-electron chi connectivity index (χ1n) is 5.64. The van der Waals surface area contributed by atoms with E-state index >= 15 is 0 Å². The molecule has 0 spiro atoms. The fourth-order valence-corrected chi connectivity index (χ4v) is 1.55. The Kier molecular flexibility index (Phi) is 5.50. The van der Waals surface area contributed by atoms with E-state index in [1.54, 1.807) is 12.4 Å². The van der Waals surface area contributed by atoms with Crippen molar-refractivity contribution >= 4 is 5.91 Å². The minimum atomic E-state index is 0.138. The molecule has 1 aromatic rings. The van der Waals surface area contributed by atoms with E-state index in [-0.39, 0.29) is 5.91 Å². The fraction of sp³-hybridized carbons (Fsp3) is 0.500. The van der Waals surface area contributed by atoms with Gasteiger partial charge in [0.05, 0.1) is 0 Å². The van der Waals surface area contributed by atoms with Crippen molar-refractivity contribution in [2.24, 2.45) is 5.73 Å². The van der Waals surface area contributed by atoms with Gasteiger partial charge >= 0.3 is 0 Å². The van der Waals surface area contributed by atoms with Crippen LogP contribution in [0.1, 0.15) is 18.9 Å². The van der Waals surface area contributed by atoms with Crippen LogP contribution in [0.5, 0.6) is 0 Å². The lowest BCUT2D eigenvalue weighted by atomic mass is 10.2. The predicted octanol–water partition coefficient (Wildman–Crippen LogP) is 0.821. The highest BCUT2D eigenvalue weighted by atomic mass is 16.2. The van der Waals surface area contributed by atoms with Gasteiger partial charge in [0.25, 0.3) is 0 Å². The number of rotatable bonds is 6. The molecule has 0 saturated carbocycles. The monoisotopic (exact) mass is 221 g/mol. The summed E-state index contributed by atoms with van der Waals surface area (Å²) in [6, 6.07) is 3.95. The summed E-state index contributed by atoms with van der Waals surface area (Å²) >= 11 is 0.